The summed E-state index contributed by atoms with van der Waals surface area (Å²) >= 11 is 0. The number of rotatable bonds is 7. The number of fused-ring (bicyclic) bond motifs is 5. The van der Waals surface area contributed by atoms with Crippen molar-refractivity contribution in [2.45, 2.75) is 25.6 Å². The summed E-state index contributed by atoms with van der Waals surface area (Å²) in [6, 6.07) is 10.8. The normalized spacial score (nSPS) is 19.6. The second-order valence-corrected chi connectivity index (χ2v) is 10.0. The SMILES string of the molecule is CCOc1cc(-c2ccc(N3C4COCC3CN(Cc3ccc(OC)nc3)C4)nc2)c2c3cn[nH]c3nn2c1. The quantitative estimate of drug-likeness (QED) is 0.342. The topological polar surface area (TPSA) is 106 Å². The summed E-state index contributed by atoms with van der Waals surface area (Å²) < 4.78 is 18.9. The fraction of sp³-hybridized carbons (Fsp3) is 0.357. The molecule has 7 heterocycles. The average molecular weight is 527 g/mol. The number of hydrogen-bond acceptors (Lipinski definition) is 9. The molecule has 2 fully saturated rings. The first-order valence-corrected chi connectivity index (χ1v) is 13.2. The summed E-state index contributed by atoms with van der Waals surface area (Å²) in [7, 11) is 1.64. The number of anilines is 1. The molecule has 5 aromatic rings. The molecule has 2 saturated heterocycles. The summed E-state index contributed by atoms with van der Waals surface area (Å²) in [5.41, 5.74) is 4.90. The minimum atomic E-state index is 0.232. The lowest BCUT2D eigenvalue weighted by molar-refractivity contribution is 0.0130. The molecular formula is C28H30N8O3. The lowest BCUT2D eigenvalue weighted by Gasteiger charge is -2.50. The Hall–Kier alpha value is -4.22. The zero-order valence-electron chi connectivity index (χ0n) is 21.9. The number of methoxy groups -OCH3 is 1. The van der Waals surface area contributed by atoms with Gasteiger partial charge in [0.15, 0.2) is 5.65 Å². The van der Waals surface area contributed by atoms with E-state index in [-0.39, 0.29) is 12.1 Å². The van der Waals surface area contributed by atoms with Crippen molar-refractivity contribution in [1.82, 2.24) is 34.7 Å². The number of nitrogens with one attached hydrogen (secondary N) is 1. The standard InChI is InChI=1S/C28H30N8O3/c1-3-39-22-8-23(27-24-11-31-32-28(24)33-35(27)15-22)19-5-6-25(29-10-19)36-20-13-34(14-21(36)17-38-16-20)12-18-4-7-26(37-2)30-9-18/h4-11,15,20-21H,3,12-14,16-17H2,1-2H3,(H,32,33). The molecule has 2 aliphatic heterocycles. The molecule has 2 unspecified atom stereocenters. The highest BCUT2D eigenvalue weighted by molar-refractivity contribution is 6.00. The van der Waals surface area contributed by atoms with Gasteiger partial charge in [0.1, 0.15) is 11.6 Å². The Morgan fingerprint density at radius 3 is 2.64 bits per heavy atom. The van der Waals surface area contributed by atoms with Gasteiger partial charge in [-0.1, -0.05) is 6.07 Å². The van der Waals surface area contributed by atoms with Crippen molar-refractivity contribution in [1.29, 1.82) is 0 Å². The van der Waals surface area contributed by atoms with Gasteiger partial charge in [0.25, 0.3) is 0 Å². The number of piperazine rings is 1. The molecule has 1 N–H and O–H groups in total. The highest BCUT2D eigenvalue weighted by Crippen LogP contribution is 2.34. The lowest BCUT2D eigenvalue weighted by atomic mass is 10.0. The molecular weight excluding hydrogens is 496 g/mol. The highest BCUT2D eigenvalue weighted by atomic mass is 16.5. The largest absolute Gasteiger partial charge is 0.492 e. The molecule has 0 aliphatic carbocycles. The third-order valence-electron chi connectivity index (χ3n) is 7.49. The first-order valence-electron chi connectivity index (χ1n) is 13.2. The number of morpholine rings is 1. The Bertz CT molecular complexity index is 1580. The Morgan fingerprint density at radius 1 is 1.05 bits per heavy atom. The van der Waals surface area contributed by atoms with Crippen LogP contribution in [0.15, 0.2) is 55.1 Å². The van der Waals surface area contributed by atoms with Crippen molar-refractivity contribution in [3.05, 3.63) is 60.7 Å². The Balaban J connectivity index is 1.15. The van der Waals surface area contributed by atoms with E-state index in [0.29, 0.717) is 25.7 Å². The van der Waals surface area contributed by atoms with Crippen molar-refractivity contribution in [2.24, 2.45) is 0 Å². The van der Waals surface area contributed by atoms with E-state index in [1.165, 1.54) is 5.56 Å². The molecule has 200 valence electrons. The number of aromatic nitrogens is 6. The van der Waals surface area contributed by atoms with E-state index in [2.05, 4.69) is 54.3 Å². The maximum atomic E-state index is 5.96. The van der Waals surface area contributed by atoms with Crippen molar-refractivity contribution >= 4 is 22.4 Å². The minimum Gasteiger partial charge on any atom is -0.492 e. The summed E-state index contributed by atoms with van der Waals surface area (Å²) in [4.78, 5) is 14.2. The van der Waals surface area contributed by atoms with E-state index in [9.17, 15) is 0 Å². The van der Waals surface area contributed by atoms with Crippen molar-refractivity contribution in [3.63, 3.8) is 0 Å². The van der Waals surface area contributed by atoms with Crippen LogP contribution in [-0.2, 0) is 11.3 Å². The van der Waals surface area contributed by atoms with E-state index in [1.54, 1.807) is 7.11 Å². The molecule has 7 rings (SSSR count). The molecule has 0 spiro atoms. The van der Waals surface area contributed by atoms with Crippen LogP contribution in [-0.4, -0.2) is 86.8 Å². The van der Waals surface area contributed by atoms with Crippen LogP contribution >= 0.6 is 0 Å². The van der Waals surface area contributed by atoms with Crippen LogP contribution in [0.2, 0.25) is 0 Å². The molecule has 2 aliphatic rings. The van der Waals surface area contributed by atoms with Crippen molar-refractivity contribution in [2.75, 3.05) is 44.9 Å². The van der Waals surface area contributed by atoms with Crippen molar-refractivity contribution in [3.8, 4) is 22.8 Å². The summed E-state index contributed by atoms with van der Waals surface area (Å²) in [6.45, 7) is 6.57. The number of H-pyrrole nitrogens is 1. The molecule has 0 aromatic carbocycles. The molecule has 0 amide bonds. The maximum Gasteiger partial charge on any atom is 0.212 e. The maximum absolute atomic E-state index is 5.96. The first-order chi connectivity index (χ1) is 19.2. The predicted octanol–water partition coefficient (Wildman–Crippen LogP) is 3.16. The second kappa shape index (κ2) is 9.83. The summed E-state index contributed by atoms with van der Waals surface area (Å²) in [5, 5.41) is 12.7. The zero-order valence-corrected chi connectivity index (χ0v) is 21.9. The van der Waals surface area contributed by atoms with Gasteiger partial charge in [-0.2, -0.15) is 5.10 Å². The van der Waals surface area contributed by atoms with Gasteiger partial charge in [0, 0.05) is 49.2 Å². The van der Waals surface area contributed by atoms with Crippen LogP contribution in [0, 0.1) is 0 Å². The van der Waals surface area contributed by atoms with E-state index >= 15 is 0 Å². The molecule has 39 heavy (non-hydrogen) atoms. The average Bonchev–Trinajstić information content (AvgIpc) is 3.54. The van der Waals surface area contributed by atoms with Crippen LogP contribution in [0.25, 0.3) is 27.7 Å². The molecule has 2 bridgehead atoms. The van der Waals surface area contributed by atoms with Crippen LogP contribution in [0.3, 0.4) is 0 Å². The third-order valence-corrected chi connectivity index (χ3v) is 7.49. The Kier molecular flexibility index (Phi) is 6.01. The number of aromatic amines is 1. The molecule has 0 radical (unpaired) electrons. The molecule has 2 atom stereocenters. The minimum absolute atomic E-state index is 0.232. The van der Waals surface area contributed by atoms with Crippen LogP contribution in [0.5, 0.6) is 11.6 Å². The van der Waals surface area contributed by atoms with E-state index in [1.807, 2.05) is 42.3 Å². The molecule has 11 nitrogen and oxygen atoms in total. The lowest BCUT2D eigenvalue weighted by Crippen LogP contribution is -2.64. The summed E-state index contributed by atoms with van der Waals surface area (Å²) in [5.74, 6) is 2.37. The van der Waals surface area contributed by atoms with E-state index < -0.39 is 0 Å². The van der Waals surface area contributed by atoms with E-state index in [4.69, 9.17) is 19.2 Å². The molecule has 5 aromatic heterocycles. The van der Waals surface area contributed by atoms with Gasteiger partial charge >= 0.3 is 0 Å². The van der Waals surface area contributed by atoms with Crippen LogP contribution < -0.4 is 14.4 Å². The van der Waals surface area contributed by atoms with Crippen molar-refractivity contribution < 1.29 is 14.2 Å². The Labute approximate surface area is 225 Å². The number of pyridine rings is 3. The van der Waals surface area contributed by atoms with Gasteiger partial charge in [-0.25, -0.2) is 14.5 Å². The first kappa shape index (κ1) is 23.9. The van der Waals surface area contributed by atoms with Gasteiger partial charge in [-0.05, 0) is 30.7 Å². The van der Waals surface area contributed by atoms with Crippen LogP contribution in [0.4, 0.5) is 5.82 Å². The zero-order chi connectivity index (χ0) is 26.3. The molecule has 0 saturated carbocycles. The monoisotopic (exact) mass is 526 g/mol. The van der Waals surface area contributed by atoms with Crippen LogP contribution in [0.1, 0.15) is 12.5 Å². The van der Waals surface area contributed by atoms with Gasteiger partial charge in [-0.3, -0.25) is 10.00 Å². The third kappa shape index (κ3) is 4.33. The van der Waals surface area contributed by atoms with Gasteiger partial charge in [0.2, 0.25) is 5.88 Å². The molecule has 11 heteroatoms. The van der Waals surface area contributed by atoms with Gasteiger partial charge in [-0.15, -0.1) is 5.10 Å². The number of ether oxygens (including phenoxy) is 3. The summed E-state index contributed by atoms with van der Waals surface area (Å²) in [6.07, 6.45) is 7.56. The second-order valence-electron chi connectivity index (χ2n) is 10.0. The smallest absolute Gasteiger partial charge is 0.212 e. The van der Waals surface area contributed by atoms with Gasteiger partial charge < -0.3 is 19.1 Å². The fourth-order valence-electron chi connectivity index (χ4n) is 5.84. The predicted molar refractivity (Wildman–Crippen MR) is 146 cm³/mol. The van der Waals surface area contributed by atoms with E-state index in [0.717, 1.165) is 58.9 Å². The number of hydrogen-bond donors (Lipinski definition) is 1. The number of nitrogens with zero attached hydrogens (tertiary/aromatic N) is 7. The fourth-order valence-corrected chi connectivity index (χ4v) is 5.84. The van der Waals surface area contributed by atoms with Gasteiger partial charge in [0.05, 0.1) is 62.3 Å². The highest BCUT2D eigenvalue weighted by Gasteiger charge is 2.38. The Morgan fingerprint density at radius 2 is 1.92 bits per heavy atom.